The highest BCUT2D eigenvalue weighted by Gasteiger charge is 2.10. The van der Waals surface area contributed by atoms with Crippen molar-refractivity contribution in [1.29, 1.82) is 0 Å². The van der Waals surface area contributed by atoms with Crippen LogP contribution < -0.4 is 0 Å². The third kappa shape index (κ3) is 4.57. The van der Waals surface area contributed by atoms with Gasteiger partial charge < -0.3 is 0 Å². The number of nitrogens with zero attached hydrogens (tertiary/aromatic N) is 2. The third-order valence-electron chi connectivity index (χ3n) is 4.00. The molecule has 0 aliphatic carbocycles. The Morgan fingerprint density at radius 2 is 1.42 bits per heavy atom. The fourth-order valence-electron chi connectivity index (χ4n) is 2.96. The second-order valence-electron chi connectivity index (χ2n) is 5.67. The Labute approximate surface area is 158 Å². The summed E-state index contributed by atoms with van der Waals surface area (Å²) in [5, 5.41) is 2.30. The molecule has 0 radical (unpaired) electrons. The zero-order chi connectivity index (χ0) is 19.7. The van der Waals surface area contributed by atoms with Gasteiger partial charge in [-0.1, -0.05) is 52.0 Å². The highest BCUT2D eigenvalue weighted by molar-refractivity contribution is 6.04. The van der Waals surface area contributed by atoms with E-state index in [0.29, 0.717) is 0 Å². The van der Waals surface area contributed by atoms with Crippen molar-refractivity contribution in [2.45, 2.75) is 54.4 Å². The molecule has 0 bridgehead atoms. The van der Waals surface area contributed by atoms with E-state index in [2.05, 4.69) is 44.3 Å². The van der Waals surface area contributed by atoms with Gasteiger partial charge in [-0.3, -0.25) is 9.97 Å². The van der Waals surface area contributed by atoms with Crippen LogP contribution in [0.4, 0.5) is 0 Å². The topological polar surface area (TPSA) is 25.8 Å². The molecular formula is C24H32N2. The van der Waals surface area contributed by atoms with Gasteiger partial charge in [0.1, 0.15) is 0 Å². The van der Waals surface area contributed by atoms with Crippen molar-refractivity contribution in [3.63, 3.8) is 0 Å². The molecule has 0 saturated heterocycles. The molecule has 0 unspecified atom stereocenters. The summed E-state index contributed by atoms with van der Waals surface area (Å²) in [6.45, 7) is 19.8. The van der Waals surface area contributed by atoms with Gasteiger partial charge in [0, 0.05) is 22.2 Å². The summed E-state index contributed by atoms with van der Waals surface area (Å²) in [5.41, 5.74) is 6.52. The van der Waals surface area contributed by atoms with E-state index in [1.807, 2.05) is 46.8 Å². The highest BCUT2D eigenvalue weighted by atomic mass is 14.8. The lowest BCUT2D eigenvalue weighted by Crippen LogP contribution is -1.97. The quantitative estimate of drug-likeness (QED) is 0.378. The number of fused-ring (bicyclic) bond motifs is 3. The second kappa shape index (κ2) is 10.5. The Bertz CT molecular complexity index is 892. The Hall–Kier alpha value is -2.48. The molecule has 26 heavy (non-hydrogen) atoms. The van der Waals surface area contributed by atoms with Gasteiger partial charge in [0.05, 0.1) is 11.0 Å². The molecule has 0 atom stereocenters. The Balaban J connectivity index is 0.000000791. The number of rotatable bonds is 4. The monoisotopic (exact) mass is 348 g/mol. The largest absolute Gasteiger partial charge is 0.251 e. The van der Waals surface area contributed by atoms with Crippen molar-refractivity contribution in [1.82, 2.24) is 9.97 Å². The maximum absolute atomic E-state index is 4.83. The van der Waals surface area contributed by atoms with E-state index in [4.69, 9.17) is 9.97 Å². The van der Waals surface area contributed by atoms with Crippen LogP contribution in [0.1, 0.15) is 50.2 Å². The van der Waals surface area contributed by atoms with Crippen LogP contribution in [0.15, 0.2) is 49.6 Å². The van der Waals surface area contributed by atoms with Gasteiger partial charge in [0.2, 0.25) is 0 Å². The predicted octanol–water partition coefficient (Wildman–Crippen LogP) is 6.91. The summed E-state index contributed by atoms with van der Waals surface area (Å²) in [6, 6.07) is 8.63. The Kier molecular flexibility index (Phi) is 8.71. The van der Waals surface area contributed by atoms with Crippen LogP contribution in [-0.4, -0.2) is 9.97 Å². The molecule has 0 aliphatic rings. The maximum Gasteiger partial charge on any atom is 0.0970 e. The molecule has 2 heterocycles. The Morgan fingerprint density at radius 3 is 2.04 bits per heavy atom. The standard InChI is InChI=1S/C20H20N2.2C2H6/c1-5-7-15-12-17-9-10-18-16(8-6-2)11-13(3)21-20(18)19(17)22-14(15)4;2*1-2/h5-6,9-12H,1-2,7-8H2,3-4H3;2*1-2H3. The zero-order valence-corrected chi connectivity index (χ0v) is 17.2. The van der Waals surface area contributed by atoms with Gasteiger partial charge >= 0.3 is 0 Å². The van der Waals surface area contributed by atoms with Crippen molar-refractivity contribution in [2.75, 3.05) is 0 Å². The smallest absolute Gasteiger partial charge is 0.0970 e. The summed E-state index contributed by atoms with van der Waals surface area (Å²) in [7, 11) is 0. The van der Waals surface area contributed by atoms with E-state index in [1.165, 1.54) is 16.5 Å². The average molecular weight is 349 g/mol. The second-order valence-corrected chi connectivity index (χ2v) is 5.67. The first-order valence-corrected chi connectivity index (χ1v) is 9.55. The van der Waals surface area contributed by atoms with Gasteiger partial charge in [0.25, 0.3) is 0 Å². The lowest BCUT2D eigenvalue weighted by molar-refractivity contribution is 1.13. The molecule has 138 valence electrons. The van der Waals surface area contributed by atoms with Crippen LogP contribution in [0, 0.1) is 13.8 Å². The van der Waals surface area contributed by atoms with Crippen LogP contribution in [-0.2, 0) is 12.8 Å². The van der Waals surface area contributed by atoms with Crippen molar-refractivity contribution in [3.05, 3.63) is 72.1 Å². The molecule has 0 spiro atoms. The molecule has 3 aromatic rings. The fraction of sp³-hybridized carbons (Fsp3) is 0.333. The molecule has 3 rings (SSSR count). The van der Waals surface area contributed by atoms with Gasteiger partial charge in [-0.15, -0.1) is 13.2 Å². The molecule has 0 amide bonds. The van der Waals surface area contributed by atoms with E-state index in [-0.39, 0.29) is 0 Å². The summed E-state index contributed by atoms with van der Waals surface area (Å²) in [5.74, 6) is 0. The molecular weight excluding hydrogens is 316 g/mol. The fourth-order valence-corrected chi connectivity index (χ4v) is 2.96. The van der Waals surface area contributed by atoms with E-state index < -0.39 is 0 Å². The zero-order valence-electron chi connectivity index (χ0n) is 17.2. The first-order chi connectivity index (χ1) is 12.6. The number of hydrogen-bond donors (Lipinski definition) is 0. The van der Waals surface area contributed by atoms with Crippen LogP contribution in [0.25, 0.3) is 21.8 Å². The number of benzene rings is 1. The van der Waals surface area contributed by atoms with Crippen molar-refractivity contribution >= 4 is 21.8 Å². The predicted molar refractivity (Wildman–Crippen MR) is 117 cm³/mol. The van der Waals surface area contributed by atoms with E-state index >= 15 is 0 Å². The molecule has 0 fully saturated rings. The number of aromatic nitrogens is 2. The van der Waals surface area contributed by atoms with Gasteiger partial charge in [-0.2, -0.15) is 0 Å². The Morgan fingerprint density at radius 1 is 0.808 bits per heavy atom. The summed E-state index contributed by atoms with van der Waals surface area (Å²) >= 11 is 0. The number of hydrogen-bond acceptors (Lipinski definition) is 2. The molecule has 0 N–H and O–H groups in total. The summed E-state index contributed by atoms with van der Waals surface area (Å²) in [6.07, 6.45) is 5.54. The SMILES string of the molecule is C=CCc1cc2ccc3c(CC=C)cc(C)nc3c2nc1C.CC.CC. The van der Waals surface area contributed by atoms with Gasteiger partial charge in [-0.25, -0.2) is 0 Å². The van der Waals surface area contributed by atoms with E-state index in [0.717, 1.165) is 40.6 Å². The number of aryl methyl sites for hydroxylation is 2. The van der Waals surface area contributed by atoms with Crippen LogP contribution >= 0.6 is 0 Å². The highest BCUT2D eigenvalue weighted by Crippen LogP contribution is 2.27. The maximum atomic E-state index is 4.83. The lowest BCUT2D eigenvalue weighted by atomic mass is 10.0. The first-order valence-electron chi connectivity index (χ1n) is 9.55. The molecule has 2 aromatic heterocycles. The minimum absolute atomic E-state index is 0.843. The third-order valence-corrected chi connectivity index (χ3v) is 4.00. The normalized spacial score (nSPS) is 9.77. The van der Waals surface area contributed by atoms with Crippen molar-refractivity contribution in [3.8, 4) is 0 Å². The summed E-state index contributed by atoms with van der Waals surface area (Å²) in [4.78, 5) is 9.58. The van der Waals surface area contributed by atoms with Gasteiger partial charge in [0.15, 0.2) is 0 Å². The minimum Gasteiger partial charge on any atom is -0.251 e. The van der Waals surface area contributed by atoms with Crippen LogP contribution in [0.5, 0.6) is 0 Å². The molecule has 0 aliphatic heterocycles. The average Bonchev–Trinajstić information content (AvgIpc) is 2.66. The van der Waals surface area contributed by atoms with Crippen molar-refractivity contribution in [2.24, 2.45) is 0 Å². The molecule has 2 nitrogen and oxygen atoms in total. The van der Waals surface area contributed by atoms with Crippen LogP contribution in [0.2, 0.25) is 0 Å². The molecule has 0 saturated carbocycles. The summed E-state index contributed by atoms with van der Waals surface area (Å²) < 4.78 is 0. The first kappa shape index (κ1) is 21.6. The number of allylic oxidation sites excluding steroid dienone is 2. The van der Waals surface area contributed by atoms with Crippen molar-refractivity contribution < 1.29 is 0 Å². The van der Waals surface area contributed by atoms with E-state index in [1.54, 1.807) is 0 Å². The number of pyridine rings is 2. The molecule has 2 heteroatoms. The van der Waals surface area contributed by atoms with E-state index in [9.17, 15) is 0 Å². The van der Waals surface area contributed by atoms with Gasteiger partial charge in [-0.05, 0) is 49.9 Å². The lowest BCUT2D eigenvalue weighted by Gasteiger charge is -2.11. The van der Waals surface area contributed by atoms with Crippen LogP contribution in [0.3, 0.4) is 0 Å². The molecule has 1 aromatic carbocycles. The minimum atomic E-state index is 0.843.